The number of hydrogen-bond acceptors (Lipinski definition) is 7. The van der Waals surface area contributed by atoms with E-state index in [2.05, 4.69) is 11.1 Å². The van der Waals surface area contributed by atoms with Gasteiger partial charge in [-0.05, 0) is 85.8 Å². The Morgan fingerprint density at radius 3 is 2.63 bits per heavy atom. The molecule has 0 bridgehead atoms. The zero-order valence-electron chi connectivity index (χ0n) is 20.8. The van der Waals surface area contributed by atoms with Crippen LogP contribution >= 0.6 is 23.4 Å². The molecule has 1 heterocycles. The molecular formula is C29H24ClN3O4S. The Bertz CT molecular complexity index is 1460. The average Bonchev–Trinajstić information content (AvgIpc) is 3.22. The molecule has 0 atom stereocenters. The van der Waals surface area contributed by atoms with Gasteiger partial charge in [-0.25, -0.2) is 9.79 Å². The van der Waals surface area contributed by atoms with Gasteiger partial charge in [-0.2, -0.15) is 5.26 Å². The molecule has 0 saturated carbocycles. The highest BCUT2D eigenvalue weighted by molar-refractivity contribution is 8.18. The third kappa shape index (κ3) is 6.43. The summed E-state index contributed by atoms with van der Waals surface area (Å²) in [4.78, 5) is 32.0. The van der Waals surface area contributed by atoms with Crippen LogP contribution in [0.25, 0.3) is 6.08 Å². The van der Waals surface area contributed by atoms with Gasteiger partial charge in [-0.3, -0.25) is 9.69 Å². The molecule has 1 amide bonds. The van der Waals surface area contributed by atoms with E-state index < -0.39 is 5.97 Å². The van der Waals surface area contributed by atoms with Crippen LogP contribution in [0.15, 0.2) is 76.6 Å². The van der Waals surface area contributed by atoms with Gasteiger partial charge in [0.1, 0.15) is 12.4 Å². The number of nitrogens with zero attached hydrogens (tertiary/aromatic N) is 3. The molecule has 3 aromatic carbocycles. The molecule has 192 valence electrons. The smallest absolute Gasteiger partial charge is 0.338 e. The largest absolute Gasteiger partial charge is 0.488 e. The minimum atomic E-state index is -0.424. The SMILES string of the molecule is CCOC(=O)c1cccc(N=C2SC(=Cc3cc(Cl)ccc3OCc3ccc(C#N)cc3)C(=O)N2CC)c1. The first kappa shape index (κ1) is 27.0. The number of aliphatic imine (C=N–C) groups is 1. The third-order valence-corrected chi connectivity index (χ3v) is 6.76. The maximum atomic E-state index is 13.2. The van der Waals surface area contributed by atoms with E-state index >= 15 is 0 Å². The number of hydrogen-bond donors (Lipinski definition) is 0. The Balaban J connectivity index is 1.59. The monoisotopic (exact) mass is 545 g/mol. The first-order valence-electron chi connectivity index (χ1n) is 11.9. The molecule has 1 aliphatic rings. The molecular weight excluding hydrogens is 522 g/mol. The van der Waals surface area contributed by atoms with E-state index in [0.717, 1.165) is 5.56 Å². The van der Waals surface area contributed by atoms with Crippen LogP contribution in [0.4, 0.5) is 5.69 Å². The van der Waals surface area contributed by atoms with Crippen LogP contribution < -0.4 is 4.74 Å². The first-order chi connectivity index (χ1) is 18.4. The number of thioether (sulfide) groups is 1. The molecule has 0 aliphatic carbocycles. The van der Waals surface area contributed by atoms with E-state index in [1.54, 1.807) is 72.5 Å². The molecule has 1 fully saturated rings. The Kier molecular flexibility index (Phi) is 8.85. The summed E-state index contributed by atoms with van der Waals surface area (Å²) in [5.41, 5.74) is 3.07. The van der Waals surface area contributed by atoms with Crippen LogP contribution in [0.3, 0.4) is 0 Å². The minimum absolute atomic E-state index is 0.184. The summed E-state index contributed by atoms with van der Waals surface area (Å²) in [6.07, 6.45) is 1.74. The van der Waals surface area contributed by atoms with Crippen molar-refractivity contribution in [1.82, 2.24) is 4.90 Å². The Morgan fingerprint density at radius 2 is 1.92 bits per heavy atom. The zero-order valence-corrected chi connectivity index (χ0v) is 22.4. The second-order valence-corrected chi connectivity index (χ2v) is 9.55. The number of benzene rings is 3. The fourth-order valence-corrected chi connectivity index (χ4v) is 4.87. The van der Waals surface area contributed by atoms with Gasteiger partial charge in [0.25, 0.3) is 5.91 Å². The second kappa shape index (κ2) is 12.5. The predicted octanol–water partition coefficient (Wildman–Crippen LogP) is 6.59. The maximum Gasteiger partial charge on any atom is 0.338 e. The van der Waals surface area contributed by atoms with Gasteiger partial charge in [0.05, 0.1) is 34.4 Å². The highest BCUT2D eigenvalue weighted by Crippen LogP contribution is 2.36. The van der Waals surface area contributed by atoms with Crippen LogP contribution in [0.5, 0.6) is 5.75 Å². The molecule has 1 saturated heterocycles. The average molecular weight is 546 g/mol. The molecule has 0 unspecified atom stereocenters. The second-order valence-electron chi connectivity index (χ2n) is 8.10. The number of amidine groups is 1. The van der Waals surface area contributed by atoms with Crippen LogP contribution in [-0.4, -0.2) is 35.1 Å². The van der Waals surface area contributed by atoms with E-state index in [-0.39, 0.29) is 19.1 Å². The van der Waals surface area contributed by atoms with E-state index in [9.17, 15) is 9.59 Å². The Hall–Kier alpha value is -4.06. The van der Waals surface area contributed by atoms with Gasteiger partial charge < -0.3 is 9.47 Å². The van der Waals surface area contributed by atoms with Gasteiger partial charge >= 0.3 is 5.97 Å². The standard InChI is InChI=1S/C29H24ClN3O4S/c1-3-33-27(34)26(38-29(33)32-24-7-5-6-21(15-24)28(35)36-4-2)16-22-14-23(30)12-13-25(22)37-18-20-10-8-19(17-31)9-11-20/h5-16H,3-4,18H2,1-2H3. The molecule has 0 radical (unpaired) electrons. The number of ether oxygens (including phenoxy) is 2. The highest BCUT2D eigenvalue weighted by atomic mass is 35.5. The molecule has 3 aromatic rings. The van der Waals surface area contributed by atoms with Crippen molar-refractivity contribution in [1.29, 1.82) is 5.26 Å². The molecule has 38 heavy (non-hydrogen) atoms. The van der Waals surface area contributed by atoms with Crippen LogP contribution in [0.2, 0.25) is 5.02 Å². The van der Waals surface area contributed by atoms with Crippen molar-refractivity contribution in [2.24, 2.45) is 4.99 Å². The van der Waals surface area contributed by atoms with Crippen molar-refractivity contribution in [2.45, 2.75) is 20.5 Å². The summed E-state index contributed by atoms with van der Waals surface area (Å²) in [5, 5.41) is 10.0. The topological polar surface area (TPSA) is 92.0 Å². The summed E-state index contributed by atoms with van der Waals surface area (Å²) >= 11 is 7.51. The van der Waals surface area contributed by atoms with Crippen molar-refractivity contribution in [3.8, 4) is 11.8 Å². The number of carbonyl (C=O) groups excluding carboxylic acids is 2. The Labute approximate surface area is 230 Å². The van der Waals surface area contributed by atoms with Crippen LogP contribution in [0.1, 0.15) is 40.9 Å². The van der Waals surface area contributed by atoms with Crippen molar-refractivity contribution in [3.63, 3.8) is 0 Å². The predicted molar refractivity (Wildman–Crippen MR) is 149 cm³/mol. The lowest BCUT2D eigenvalue weighted by molar-refractivity contribution is -0.122. The summed E-state index contributed by atoms with van der Waals surface area (Å²) in [6, 6.07) is 21.3. The van der Waals surface area contributed by atoms with E-state index in [0.29, 0.717) is 49.8 Å². The quantitative estimate of drug-likeness (QED) is 0.234. The molecule has 9 heteroatoms. The van der Waals surface area contributed by atoms with Crippen molar-refractivity contribution < 1.29 is 19.1 Å². The lowest BCUT2D eigenvalue weighted by Crippen LogP contribution is -2.28. The summed E-state index contributed by atoms with van der Waals surface area (Å²) in [6.45, 7) is 4.62. The molecule has 0 N–H and O–H groups in total. The zero-order chi connectivity index (χ0) is 27.1. The van der Waals surface area contributed by atoms with E-state index in [4.69, 9.17) is 26.3 Å². The van der Waals surface area contributed by atoms with Gasteiger partial charge in [0.15, 0.2) is 5.17 Å². The van der Waals surface area contributed by atoms with Crippen molar-refractivity contribution >= 4 is 52.2 Å². The summed E-state index contributed by atoms with van der Waals surface area (Å²) < 4.78 is 11.1. The van der Waals surface area contributed by atoms with Gasteiger partial charge in [0, 0.05) is 17.1 Å². The van der Waals surface area contributed by atoms with Crippen molar-refractivity contribution in [2.75, 3.05) is 13.2 Å². The van der Waals surface area contributed by atoms with Gasteiger partial charge in [-0.1, -0.05) is 29.8 Å². The molecule has 1 aliphatic heterocycles. The number of halogens is 1. The van der Waals surface area contributed by atoms with Crippen LogP contribution in [0, 0.1) is 11.3 Å². The lowest BCUT2D eigenvalue weighted by Gasteiger charge is -2.12. The number of carbonyl (C=O) groups is 2. The fraction of sp³-hybridized carbons (Fsp3) is 0.172. The van der Waals surface area contributed by atoms with E-state index in [1.807, 2.05) is 19.1 Å². The maximum absolute atomic E-state index is 13.2. The lowest BCUT2D eigenvalue weighted by atomic mass is 10.1. The van der Waals surface area contributed by atoms with Crippen molar-refractivity contribution in [3.05, 3.63) is 98.9 Å². The summed E-state index contributed by atoms with van der Waals surface area (Å²) in [7, 11) is 0. The normalized spacial score (nSPS) is 15.1. The molecule has 4 rings (SSSR count). The number of amides is 1. The van der Waals surface area contributed by atoms with Crippen LogP contribution in [-0.2, 0) is 16.1 Å². The van der Waals surface area contributed by atoms with Gasteiger partial charge in [-0.15, -0.1) is 0 Å². The Morgan fingerprint density at radius 1 is 1.13 bits per heavy atom. The number of rotatable bonds is 8. The highest BCUT2D eigenvalue weighted by Gasteiger charge is 2.32. The minimum Gasteiger partial charge on any atom is -0.488 e. The third-order valence-electron chi connectivity index (χ3n) is 5.52. The fourth-order valence-electron chi connectivity index (χ4n) is 3.64. The number of likely N-dealkylation sites (N-methyl/N-ethyl adjacent to an activating group) is 1. The first-order valence-corrected chi connectivity index (χ1v) is 13.1. The molecule has 7 nitrogen and oxygen atoms in total. The summed E-state index contributed by atoms with van der Waals surface area (Å²) in [5.74, 6) is -0.0434. The number of esters is 1. The molecule has 0 spiro atoms. The molecule has 0 aromatic heterocycles. The van der Waals surface area contributed by atoms with E-state index in [1.165, 1.54) is 11.8 Å². The van der Waals surface area contributed by atoms with Gasteiger partial charge in [0.2, 0.25) is 0 Å². The number of nitriles is 1.